The lowest BCUT2D eigenvalue weighted by Gasteiger charge is -2.23. The lowest BCUT2D eigenvalue weighted by atomic mass is 10.0. The number of ether oxygens (including phenoxy) is 2. The summed E-state index contributed by atoms with van der Waals surface area (Å²) < 4.78 is 10.9. The van der Waals surface area contributed by atoms with E-state index in [0.29, 0.717) is 6.61 Å². The van der Waals surface area contributed by atoms with Crippen molar-refractivity contribution < 1.29 is 24.8 Å². The Morgan fingerprint density at radius 2 is 1.50 bits per heavy atom. The summed E-state index contributed by atoms with van der Waals surface area (Å²) in [5.41, 5.74) is 0. The molecule has 0 aliphatic carbocycles. The van der Waals surface area contributed by atoms with Gasteiger partial charge < -0.3 is 24.8 Å². The van der Waals surface area contributed by atoms with Crippen LogP contribution in [0.25, 0.3) is 0 Å². The van der Waals surface area contributed by atoms with E-state index in [-0.39, 0.29) is 6.61 Å². The van der Waals surface area contributed by atoms with Crippen LogP contribution < -0.4 is 0 Å². The molecule has 1 saturated heterocycles. The lowest BCUT2D eigenvalue weighted by Crippen LogP contribution is -2.42. The Morgan fingerprint density at radius 1 is 0.929 bits per heavy atom. The highest BCUT2D eigenvalue weighted by atomic mass is 16.6. The van der Waals surface area contributed by atoms with Gasteiger partial charge in [-0.2, -0.15) is 0 Å². The van der Waals surface area contributed by atoms with Gasteiger partial charge in [-0.1, -0.05) is 89.7 Å². The third-order valence-electron chi connectivity index (χ3n) is 5.50. The van der Waals surface area contributed by atoms with Crippen LogP contribution in [0.3, 0.4) is 0 Å². The molecule has 1 rings (SSSR count). The second kappa shape index (κ2) is 17.4. The average Bonchev–Trinajstić information content (AvgIpc) is 3.07. The zero-order valence-corrected chi connectivity index (χ0v) is 17.9. The van der Waals surface area contributed by atoms with Gasteiger partial charge >= 0.3 is 0 Å². The molecule has 4 atom stereocenters. The van der Waals surface area contributed by atoms with Crippen molar-refractivity contribution in [2.75, 3.05) is 19.8 Å². The monoisotopic (exact) mass is 400 g/mol. The Kier molecular flexibility index (Phi) is 15.9. The van der Waals surface area contributed by atoms with Crippen molar-refractivity contribution in [1.82, 2.24) is 0 Å². The van der Waals surface area contributed by atoms with Crippen molar-refractivity contribution in [3.05, 3.63) is 12.2 Å². The van der Waals surface area contributed by atoms with E-state index in [4.69, 9.17) is 14.6 Å². The summed E-state index contributed by atoms with van der Waals surface area (Å²) in [4.78, 5) is 0. The molecule has 0 bridgehead atoms. The summed E-state index contributed by atoms with van der Waals surface area (Å²) in [6, 6.07) is 0. The normalized spacial score (nSPS) is 23.6. The fourth-order valence-electron chi connectivity index (χ4n) is 3.71. The second-order valence-electron chi connectivity index (χ2n) is 8.06. The van der Waals surface area contributed by atoms with E-state index < -0.39 is 31.0 Å². The molecule has 1 fully saturated rings. The molecule has 166 valence electrons. The zero-order valence-electron chi connectivity index (χ0n) is 17.9. The highest BCUT2D eigenvalue weighted by molar-refractivity contribution is 4.91. The van der Waals surface area contributed by atoms with Gasteiger partial charge in [-0.25, -0.2) is 0 Å². The summed E-state index contributed by atoms with van der Waals surface area (Å²) >= 11 is 0. The number of allylic oxidation sites excluding steroid dienone is 1. The number of rotatable bonds is 18. The summed E-state index contributed by atoms with van der Waals surface area (Å²) in [5.74, 6) is 0. The first-order valence-electron chi connectivity index (χ1n) is 11.6. The molecule has 0 aromatic heterocycles. The van der Waals surface area contributed by atoms with Crippen LogP contribution in [0.4, 0.5) is 0 Å². The van der Waals surface area contributed by atoms with Crippen LogP contribution in [-0.2, 0) is 9.47 Å². The maximum atomic E-state index is 9.86. The van der Waals surface area contributed by atoms with E-state index in [2.05, 4.69) is 13.0 Å². The Hall–Kier alpha value is -0.460. The highest BCUT2D eigenvalue weighted by Gasteiger charge is 2.40. The molecule has 0 unspecified atom stereocenters. The maximum Gasteiger partial charge on any atom is 0.115 e. The molecule has 3 N–H and O–H groups in total. The van der Waals surface area contributed by atoms with Gasteiger partial charge in [0.1, 0.15) is 24.4 Å². The van der Waals surface area contributed by atoms with Crippen LogP contribution in [0.5, 0.6) is 0 Å². The van der Waals surface area contributed by atoms with Crippen LogP contribution >= 0.6 is 0 Å². The van der Waals surface area contributed by atoms with Crippen molar-refractivity contribution in [2.45, 2.75) is 115 Å². The average molecular weight is 401 g/mol. The van der Waals surface area contributed by atoms with Crippen LogP contribution in [0.1, 0.15) is 90.4 Å². The van der Waals surface area contributed by atoms with Gasteiger partial charge in [0.15, 0.2) is 0 Å². The number of unbranched alkanes of at least 4 members (excludes halogenated alkanes) is 12. The molecule has 1 heterocycles. The van der Waals surface area contributed by atoms with Crippen LogP contribution in [0.15, 0.2) is 12.2 Å². The van der Waals surface area contributed by atoms with Crippen molar-refractivity contribution in [2.24, 2.45) is 0 Å². The van der Waals surface area contributed by atoms with E-state index in [1.807, 2.05) is 6.08 Å². The van der Waals surface area contributed by atoms with Gasteiger partial charge in [-0.15, -0.1) is 0 Å². The van der Waals surface area contributed by atoms with Crippen molar-refractivity contribution in [3.8, 4) is 0 Å². The fourth-order valence-corrected chi connectivity index (χ4v) is 3.71. The Balaban J connectivity index is 1.90. The molecular formula is C23H44O5. The molecule has 0 amide bonds. The van der Waals surface area contributed by atoms with Gasteiger partial charge in [0.05, 0.1) is 19.8 Å². The van der Waals surface area contributed by atoms with Crippen LogP contribution in [-0.4, -0.2) is 59.6 Å². The van der Waals surface area contributed by atoms with Crippen molar-refractivity contribution in [1.29, 1.82) is 0 Å². The SMILES string of the molecule is CCCCCCCCCCCCCC/C=C/CO[C@H]1[C@@H]([C@H](O)CO)OC[C@@H]1O. The standard InChI is InChI=1S/C23H44O5/c1-2-3-4-5-6-7-8-9-10-11-12-13-14-15-16-17-27-23-21(26)19-28-22(23)20(25)18-24/h15-16,20-26H,2-14,17-19H2,1H3/b16-15+/t20-,21+,22-,23-/m1/s1. The largest absolute Gasteiger partial charge is 0.394 e. The molecule has 5 nitrogen and oxygen atoms in total. The number of aliphatic hydroxyl groups is 3. The van der Waals surface area contributed by atoms with Crippen LogP contribution in [0, 0.1) is 0 Å². The van der Waals surface area contributed by atoms with E-state index >= 15 is 0 Å². The van der Waals surface area contributed by atoms with E-state index in [9.17, 15) is 10.2 Å². The smallest absolute Gasteiger partial charge is 0.115 e. The minimum atomic E-state index is -1.02. The topological polar surface area (TPSA) is 79.2 Å². The molecule has 5 heteroatoms. The minimum Gasteiger partial charge on any atom is -0.394 e. The number of hydrogen-bond acceptors (Lipinski definition) is 5. The maximum absolute atomic E-state index is 9.86. The summed E-state index contributed by atoms with van der Waals surface area (Å²) in [6.07, 6.45) is 18.4. The lowest BCUT2D eigenvalue weighted by molar-refractivity contribution is -0.0879. The Morgan fingerprint density at radius 3 is 2.07 bits per heavy atom. The third kappa shape index (κ3) is 11.5. The predicted octanol–water partition coefficient (Wildman–Crippen LogP) is 4.13. The second-order valence-corrected chi connectivity index (χ2v) is 8.06. The fraction of sp³-hybridized carbons (Fsp3) is 0.913. The summed E-state index contributed by atoms with van der Waals surface area (Å²) in [7, 11) is 0. The van der Waals surface area contributed by atoms with E-state index in [1.54, 1.807) is 0 Å². The van der Waals surface area contributed by atoms with Gasteiger partial charge in [0, 0.05) is 0 Å². The quantitative estimate of drug-likeness (QED) is 0.238. The summed E-state index contributed by atoms with van der Waals surface area (Å²) in [6.45, 7) is 2.39. The van der Waals surface area contributed by atoms with Gasteiger partial charge in [0.25, 0.3) is 0 Å². The van der Waals surface area contributed by atoms with Crippen molar-refractivity contribution in [3.63, 3.8) is 0 Å². The zero-order chi connectivity index (χ0) is 20.5. The number of hydrogen-bond donors (Lipinski definition) is 3. The molecule has 1 aliphatic rings. The first-order valence-corrected chi connectivity index (χ1v) is 11.6. The molecule has 28 heavy (non-hydrogen) atoms. The molecule has 0 aromatic carbocycles. The molecule has 0 aromatic rings. The van der Waals surface area contributed by atoms with Gasteiger partial charge in [-0.3, -0.25) is 0 Å². The van der Waals surface area contributed by atoms with E-state index in [0.717, 1.165) is 6.42 Å². The molecular weight excluding hydrogens is 356 g/mol. The molecule has 1 aliphatic heterocycles. The van der Waals surface area contributed by atoms with Crippen molar-refractivity contribution >= 4 is 0 Å². The molecule has 0 saturated carbocycles. The highest BCUT2D eigenvalue weighted by Crippen LogP contribution is 2.21. The Bertz CT molecular complexity index is 374. The summed E-state index contributed by atoms with van der Waals surface area (Å²) in [5, 5.41) is 28.6. The van der Waals surface area contributed by atoms with Gasteiger partial charge in [-0.05, 0) is 12.8 Å². The number of aliphatic hydroxyl groups excluding tert-OH is 3. The Labute approximate surface area is 172 Å². The first-order chi connectivity index (χ1) is 13.7. The molecule has 0 spiro atoms. The predicted molar refractivity (Wildman–Crippen MR) is 113 cm³/mol. The van der Waals surface area contributed by atoms with Crippen LogP contribution in [0.2, 0.25) is 0 Å². The van der Waals surface area contributed by atoms with Gasteiger partial charge in [0.2, 0.25) is 0 Å². The molecule has 0 radical (unpaired) electrons. The van der Waals surface area contributed by atoms with E-state index in [1.165, 1.54) is 77.0 Å². The third-order valence-corrected chi connectivity index (χ3v) is 5.50. The first kappa shape index (κ1) is 25.6. The minimum absolute atomic E-state index is 0.134.